The monoisotopic (exact) mass is 302 g/mol. The number of aliphatic hydroxyl groups excluding tert-OH is 1. The minimum Gasteiger partial charge on any atom is -0.396 e. The van der Waals surface area contributed by atoms with E-state index in [0.29, 0.717) is 24.9 Å². The molecule has 8 heteroatoms. The molecule has 2 heterocycles. The van der Waals surface area contributed by atoms with Crippen molar-refractivity contribution in [2.24, 2.45) is 17.8 Å². The SMILES string of the molecule is O=C(c1cc(S(=O)(=O)F)c[nH]1)N1C[C@H]2C[C@H](CO)[C@H]2C1. The third kappa shape index (κ3) is 2.12. The summed E-state index contributed by atoms with van der Waals surface area (Å²) in [4.78, 5) is 15.8. The summed E-state index contributed by atoms with van der Waals surface area (Å²) in [6.07, 6.45) is 1.89. The van der Waals surface area contributed by atoms with Crippen LogP contribution in [0.5, 0.6) is 0 Å². The molecule has 0 aromatic carbocycles. The van der Waals surface area contributed by atoms with Gasteiger partial charge < -0.3 is 15.0 Å². The molecule has 20 heavy (non-hydrogen) atoms. The second-order valence-corrected chi connectivity index (χ2v) is 6.85. The van der Waals surface area contributed by atoms with Gasteiger partial charge in [0.2, 0.25) is 0 Å². The fourth-order valence-corrected chi connectivity index (χ4v) is 3.69. The third-order valence-electron chi connectivity index (χ3n) is 4.39. The largest absolute Gasteiger partial charge is 0.396 e. The van der Waals surface area contributed by atoms with Crippen LogP contribution in [0.2, 0.25) is 0 Å². The highest BCUT2D eigenvalue weighted by Gasteiger charge is 2.47. The van der Waals surface area contributed by atoms with E-state index in [1.807, 2.05) is 0 Å². The quantitative estimate of drug-likeness (QED) is 0.790. The van der Waals surface area contributed by atoms with Gasteiger partial charge in [0.1, 0.15) is 10.6 Å². The maximum absolute atomic E-state index is 12.8. The van der Waals surface area contributed by atoms with Gasteiger partial charge in [-0.05, 0) is 30.2 Å². The summed E-state index contributed by atoms with van der Waals surface area (Å²) >= 11 is 0. The van der Waals surface area contributed by atoms with Gasteiger partial charge in [0, 0.05) is 25.9 Å². The third-order valence-corrected chi connectivity index (χ3v) is 5.19. The first kappa shape index (κ1) is 13.6. The Hall–Kier alpha value is -1.41. The summed E-state index contributed by atoms with van der Waals surface area (Å²) < 4.78 is 34.3. The van der Waals surface area contributed by atoms with Crippen LogP contribution in [0, 0.1) is 17.8 Å². The molecule has 1 aromatic rings. The number of aromatic nitrogens is 1. The van der Waals surface area contributed by atoms with E-state index in [2.05, 4.69) is 4.98 Å². The number of amides is 1. The zero-order chi connectivity index (χ0) is 14.5. The van der Waals surface area contributed by atoms with Crippen LogP contribution in [0.1, 0.15) is 16.9 Å². The first-order valence-corrected chi connectivity index (χ1v) is 7.81. The molecule has 1 aromatic heterocycles. The summed E-state index contributed by atoms with van der Waals surface area (Å²) in [5, 5.41) is 9.15. The molecule has 2 N–H and O–H groups in total. The van der Waals surface area contributed by atoms with Gasteiger partial charge in [-0.25, -0.2) is 0 Å². The van der Waals surface area contributed by atoms with Crippen LogP contribution in [0.25, 0.3) is 0 Å². The second-order valence-electron chi connectivity index (χ2n) is 5.50. The molecule has 1 saturated carbocycles. The Morgan fingerprint density at radius 1 is 1.50 bits per heavy atom. The second kappa shape index (κ2) is 4.56. The molecule has 1 aliphatic carbocycles. The minimum absolute atomic E-state index is 0.0723. The molecule has 1 saturated heterocycles. The van der Waals surface area contributed by atoms with Crippen molar-refractivity contribution in [2.45, 2.75) is 11.3 Å². The van der Waals surface area contributed by atoms with Gasteiger partial charge >= 0.3 is 10.2 Å². The average molecular weight is 302 g/mol. The minimum atomic E-state index is -4.80. The van der Waals surface area contributed by atoms with Crippen LogP contribution in [0.4, 0.5) is 3.89 Å². The summed E-state index contributed by atoms with van der Waals surface area (Å²) in [5.74, 6) is 0.660. The highest BCUT2D eigenvalue weighted by atomic mass is 32.3. The van der Waals surface area contributed by atoms with E-state index in [9.17, 15) is 17.1 Å². The predicted molar refractivity (Wildman–Crippen MR) is 67.2 cm³/mol. The van der Waals surface area contributed by atoms with E-state index in [-0.39, 0.29) is 24.1 Å². The van der Waals surface area contributed by atoms with Crippen LogP contribution >= 0.6 is 0 Å². The summed E-state index contributed by atoms with van der Waals surface area (Å²) in [6, 6.07) is 1.02. The van der Waals surface area contributed by atoms with Crippen molar-refractivity contribution in [3.05, 3.63) is 18.0 Å². The zero-order valence-electron chi connectivity index (χ0n) is 10.6. The van der Waals surface area contributed by atoms with Gasteiger partial charge in [-0.3, -0.25) is 4.79 Å². The number of hydrogen-bond acceptors (Lipinski definition) is 4. The van der Waals surface area contributed by atoms with E-state index >= 15 is 0 Å². The van der Waals surface area contributed by atoms with Gasteiger partial charge in [-0.15, -0.1) is 3.89 Å². The number of fused-ring (bicyclic) bond motifs is 1. The Kier molecular flexibility index (Phi) is 3.09. The number of halogens is 1. The Morgan fingerprint density at radius 3 is 2.85 bits per heavy atom. The normalized spacial score (nSPS) is 29.1. The lowest BCUT2D eigenvalue weighted by molar-refractivity contribution is 0.0573. The number of likely N-dealkylation sites (tertiary alicyclic amines) is 1. The van der Waals surface area contributed by atoms with E-state index < -0.39 is 15.1 Å². The van der Waals surface area contributed by atoms with Crippen molar-refractivity contribution in [3.8, 4) is 0 Å². The number of rotatable bonds is 3. The number of aromatic amines is 1. The zero-order valence-corrected chi connectivity index (χ0v) is 11.4. The molecule has 0 unspecified atom stereocenters. The maximum atomic E-state index is 12.8. The number of nitrogens with zero attached hydrogens (tertiary/aromatic N) is 1. The smallest absolute Gasteiger partial charge is 0.333 e. The molecule has 2 fully saturated rings. The number of hydrogen-bond donors (Lipinski definition) is 2. The van der Waals surface area contributed by atoms with E-state index in [4.69, 9.17) is 5.11 Å². The summed E-state index contributed by atoms with van der Waals surface area (Å²) in [5.41, 5.74) is 0.0723. The number of carbonyl (C=O) groups is 1. The van der Waals surface area contributed by atoms with Gasteiger partial charge in [-0.1, -0.05) is 0 Å². The number of aliphatic hydroxyl groups is 1. The molecule has 110 valence electrons. The molecule has 3 atom stereocenters. The van der Waals surface area contributed by atoms with Crippen molar-refractivity contribution in [1.82, 2.24) is 9.88 Å². The molecular weight excluding hydrogens is 287 g/mol. The molecular formula is C12H15FN2O4S. The van der Waals surface area contributed by atoms with Crippen molar-refractivity contribution >= 4 is 16.1 Å². The molecule has 6 nitrogen and oxygen atoms in total. The summed E-state index contributed by atoms with van der Waals surface area (Å²) in [6.45, 7) is 1.30. The van der Waals surface area contributed by atoms with Gasteiger partial charge in [0.25, 0.3) is 5.91 Å². The lowest BCUT2D eigenvalue weighted by atomic mass is 9.67. The molecule has 0 radical (unpaired) electrons. The Balaban J connectivity index is 1.73. The molecule has 1 aliphatic heterocycles. The van der Waals surface area contributed by atoms with Gasteiger partial charge in [-0.2, -0.15) is 8.42 Å². The van der Waals surface area contributed by atoms with Crippen molar-refractivity contribution in [1.29, 1.82) is 0 Å². The highest BCUT2D eigenvalue weighted by Crippen LogP contribution is 2.45. The van der Waals surface area contributed by atoms with Crippen LogP contribution in [0.15, 0.2) is 17.2 Å². The first-order valence-electron chi connectivity index (χ1n) is 6.43. The fourth-order valence-electron chi connectivity index (χ4n) is 3.23. The first-order chi connectivity index (χ1) is 9.40. The van der Waals surface area contributed by atoms with Crippen molar-refractivity contribution in [3.63, 3.8) is 0 Å². The van der Waals surface area contributed by atoms with Crippen LogP contribution < -0.4 is 0 Å². The van der Waals surface area contributed by atoms with Crippen LogP contribution in [-0.4, -0.2) is 49.0 Å². The summed E-state index contributed by atoms with van der Waals surface area (Å²) in [7, 11) is -4.80. The van der Waals surface area contributed by atoms with Crippen LogP contribution in [0.3, 0.4) is 0 Å². The maximum Gasteiger partial charge on any atom is 0.333 e. The lowest BCUT2D eigenvalue weighted by Crippen LogP contribution is -2.37. The lowest BCUT2D eigenvalue weighted by Gasteiger charge is -2.37. The van der Waals surface area contributed by atoms with Crippen molar-refractivity contribution in [2.75, 3.05) is 19.7 Å². The Labute approximate surface area is 115 Å². The molecule has 2 aliphatic rings. The standard InChI is InChI=1S/C12H15FN2O4S/c13-20(18,19)9-2-11(14-3-9)12(17)15-4-7-1-8(6-16)10(7)5-15/h2-3,7-8,10,14,16H,1,4-6H2/t7-,8-,10+/m1/s1. The molecule has 0 bridgehead atoms. The fraction of sp³-hybridized carbons (Fsp3) is 0.583. The van der Waals surface area contributed by atoms with Gasteiger partial charge in [0.15, 0.2) is 0 Å². The van der Waals surface area contributed by atoms with Crippen molar-refractivity contribution < 1.29 is 22.2 Å². The molecule has 0 spiro atoms. The molecule has 3 rings (SSSR count). The van der Waals surface area contributed by atoms with Crippen LogP contribution in [-0.2, 0) is 10.2 Å². The molecule has 1 amide bonds. The van der Waals surface area contributed by atoms with E-state index in [0.717, 1.165) is 18.7 Å². The van der Waals surface area contributed by atoms with Gasteiger partial charge in [0.05, 0.1) is 0 Å². The number of nitrogens with one attached hydrogen (secondary N) is 1. The highest BCUT2D eigenvalue weighted by molar-refractivity contribution is 7.86. The number of carbonyl (C=O) groups excluding carboxylic acids is 1. The average Bonchev–Trinajstić information content (AvgIpc) is 2.95. The van der Waals surface area contributed by atoms with E-state index in [1.165, 1.54) is 0 Å². The number of H-pyrrole nitrogens is 1. The topological polar surface area (TPSA) is 90.5 Å². The van der Waals surface area contributed by atoms with E-state index in [1.54, 1.807) is 4.90 Å². The predicted octanol–water partition coefficient (Wildman–Crippen LogP) is 0.373. The Bertz CT molecular complexity index is 642. The Morgan fingerprint density at radius 2 is 2.25 bits per heavy atom.